The van der Waals surface area contributed by atoms with Gasteiger partial charge < -0.3 is 0 Å². The molecule has 0 atom stereocenters. The molecule has 0 amide bonds. The maximum Gasteiger partial charge on any atom is 0.164 e. The van der Waals surface area contributed by atoms with Crippen molar-refractivity contribution in [2.24, 2.45) is 0 Å². The number of hydrogen-bond donors (Lipinski definition) is 0. The molecule has 0 unspecified atom stereocenters. The molecule has 0 aliphatic rings. The van der Waals surface area contributed by atoms with E-state index in [1.54, 1.807) is 12.2 Å². The number of hydrogen-bond acceptors (Lipinski definition) is 3. The van der Waals surface area contributed by atoms with Gasteiger partial charge in [-0.15, -0.1) is 0 Å². The van der Waals surface area contributed by atoms with Gasteiger partial charge in [0.1, 0.15) is 0 Å². The number of benzene rings is 4. The van der Waals surface area contributed by atoms with Gasteiger partial charge in [0.25, 0.3) is 0 Å². The quantitative estimate of drug-likeness (QED) is 0.165. The zero-order valence-electron chi connectivity index (χ0n) is 23.4. The second-order valence-electron chi connectivity index (χ2n) is 9.56. The Bertz CT molecular complexity index is 1820. The molecule has 202 valence electrons. The molecular weight excluding hydrogens is 510 g/mol. The van der Waals surface area contributed by atoms with Crippen molar-refractivity contribution in [1.82, 2.24) is 15.0 Å². The van der Waals surface area contributed by atoms with Crippen molar-refractivity contribution in [3.8, 4) is 45.3 Å². The molecule has 0 fully saturated rings. The van der Waals surface area contributed by atoms with Crippen molar-refractivity contribution in [2.75, 3.05) is 0 Å². The molecule has 5 rings (SSSR count). The molecule has 0 radical (unpaired) electrons. The SMILES string of the molecule is C=C/C=C\C=C\c1cccc(-c2nc(-c3cccc(C(=C)/C=C\C=C)c3)nc(-c3cccc(-c4ccccc4)c3)n2)c1. The lowest BCUT2D eigenvalue weighted by atomic mass is 10.0. The van der Waals surface area contributed by atoms with Crippen LogP contribution in [0.4, 0.5) is 0 Å². The van der Waals surface area contributed by atoms with E-state index < -0.39 is 0 Å². The molecule has 42 heavy (non-hydrogen) atoms. The number of nitrogens with zero attached hydrogens (tertiary/aromatic N) is 3. The van der Waals surface area contributed by atoms with Gasteiger partial charge in [-0.3, -0.25) is 0 Å². The first-order valence-corrected chi connectivity index (χ1v) is 13.7. The van der Waals surface area contributed by atoms with E-state index >= 15 is 0 Å². The fourth-order valence-corrected chi connectivity index (χ4v) is 4.46. The second-order valence-corrected chi connectivity index (χ2v) is 9.56. The van der Waals surface area contributed by atoms with Crippen molar-refractivity contribution in [3.05, 3.63) is 177 Å². The van der Waals surface area contributed by atoms with E-state index in [-0.39, 0.29) is 0 Å². The van der Waals surface area contributed by atoms with Crippen LogP contribution in [0.3, 0.4) is 0 Å². The van der Waals surface area contributed by atoms with Gasteiger partial charge in [0.05, 0.1) is 0 Å². The minimum atomic E-state index is 0.595. The Morgan fingerprint density at radius 1 is 0.500 bits per heavy atom. The van der Waals surface area contributed by atoms with Crippen LogP contribution in [-0.2, 0) is 0 Å². The molecule has 4 aromatic carbocycles. The summed E-state index contributed by atoms with van der Waals surface area (Å²) in [5, 5.41) is 0. The number of allylic oxidation sites excluding steroid dienone is 8. The normalized spacial score (nSPS) is 11.3. The number of aromatic nitrogens is 3. The molecule has 0 bridgehead atoms. The highest BCUT2D eigenvalue weighted by molar-refractivity contribution is 5.77. The first-order chi connectivity index (χ1) is 20.6. The van der Waals surface area contributed by atoms with Crippen LogP contribution in [0.1, 0.15) is 11.1 Å². The molecule has 0 saturated carbocycles. The Kier molecular flexibility index (Phi) is 9.03. The topological polar surface area (TPSA) is 38.7 Å². The molecule has 3 heteroatoms. The summed E-state index contributed by atoms with van der Waals surface area (Å²) in [6.45, 7) is 11.7. The molecule has 0 spiro atoms. The maximum absolute atomic E-state index is 4.97. The Hall–Kier alpha value is -5.67. The van der Waals surface area contributed by atoms with Crippen LogP contribution in [0.15, 0.2) is 165 Å². The molecular formula is C39H31N3. The Morgan fingerprint density at radius 2 is 1.07 bits per heavy atom. The van der Waals surface area contributed by atoms with Gasteiger partial charge in [0.15, 0.2) is 17.5 Å². The number of rotatable bonds is 10. The van der Waals surface area contributed by atoms with Crippen molar-refractivity contribution in [1.29, 1.82) is 0 Å². The predicted molar refractivity (Wildman–Crippen MR) is 178 cm³/mol. The molecule has 1 aromatic heterocycles. The van der Waals surface area contributed by atoms with Crippen molar-refractivity contribution in [3.63, 3.8) is 0 Å². The fourth-order valence-electron chi connectivity index (χ4n) is 4.46. The Labute approximate surface area is 248 Å². The van der Waals surface area contributed by atoms with Gasteiger partial charge in [-0.05, 0) is 46.0 Å². The summed E-state index contributed by atoms with van der Waals surface area (Å²) < 4.78 is 0. The third-order valence-corrected chi connectivity index (χ3v) is 6.58. The van der Waals surface area contributed by atoms with Gasteiger partial charge in [0.2, 0.25) is 0 Å². The predicted octanol–water partition coefficient (Wildman–Crippen LogP) is 10.1. The summed E-state index contributed by atoms with van der Waals surface area (Å²) in [4.78, 5) is 14.9. The van der Waals surface area contributed by atoms with E-state index in [1.165, 1.54) is 0 Å². The van der Waals surface area contributed by atoms with Crippen molar-refractivity contribution < 1.29 is 0 Å². The van der Waals surface area contributed by atoms with Crippen LogP contribution in [0.2, 0.25) is 0 Å². The average molecular weight is 542 g/mol. The van der Waals surface area contributed by atoms with Crippen LogP contribution < -0.4 is 0 Å². The zero-order valence-corrected chi connectivity index (χ0v) is 23.4. The highest BCUT2D eigenvalue weighted by atomic mass is 15.0. The van der Waals surface area contributed by atoms with Crippen molar-refractivity contribution >= 4 is 11.6 Å². The lowest BCUT2D eigenvalue weighted by molar-refractivity contribution is 1.07. The van der Waals surface area contributed by atoms with Crippen LogP contribution in [0.25, 0.3) is 56.9 Å². The van der Waals surface area contributed by atoms with E-state index in [4.69, 9.17) is 15.0 Å². The minimum absolute atomic E-state index is 0.595. The molecule has 5 aromatic rings. The zero-order chi connectivity index (χ0) is 29.1. The van der Waals surface area contributed by atoms with Crippen LogP contribution in [-0.4, -0.2) is 15.0 Å². The summed E-state index contributed by atoms with van der Waals surface area (Å²) in [5.74, 6) is 1.81. The molecule has 0 N–H and O–H groups in total. The van der Waals surface area contributed by atoms with Gasteiger partial charge in [-0.25, -0.2) is 15.0 Å². The highest BCUT2D eigenvalue weighted by Crippen LogP contribution is 2.29. The van der Waals surface area contributed by atoms with E-state index in [9.17, 15) is 0 Å². The first kappa shape index (κ1) is 27.9. The van der Waals surface area contributed by atoms with E-state index in [1.807, 2.05) is 97.1 Å². The van der Waals surface area contributed by atoms with E-state index in [0.29, 0.717) is 17.5 Å². The smallest absolute Gasteiger partial charge is 0.164 e. The minimum Gasteiger partial charge on any atom is -0.208 e. The van der Waals surface area contributed by atoms with Gasteiger partial charge in [-0.2, -0.15) is 0 Å². The monoisotopic (exact) mass is 541 g/mol. The van der Waals surface area contributed by atoms with Crippen LogP contribution in [0.5, 0.6) is 0 Å². The van der Waals surface area contributed by atoms with Gasteiger partial charge >= 0.3 is 0 Å². The highest BCUT2D eigenvalue weighted by Gasteiger charge is 2.14. The lowest BCUT2D eigenvalue weighted by Gasteiger charge is -2.11. The van der Waals surface area contributed by atoms with Crippen LogP contribution in [0, 0.1) is 0 Å². The van der Waals surface area contributed by atoms with Gasteiger partial charge in [-0.1, -0.05) is 153 Å². The molecule has 0 aliphatic heterocycles. The molecule has 0 saturated heterocycles. The molecule has 0 aliphatic carbocycles. The third-order valence-electron chi connectivity index (χ3n) is 6.58. The third kappa shape index (κ3) is 6.90. The Balaban J connectivity index is 1.63. The second kappa shape index (κ2) is 13.6. The summed E-state index contributed by atoms with van der Waals surface area (Å²) in [5.41, 5.74) is 7.86. The summed E-state index contributed by atoms with van der Waals surface area (Å²) in [6, 6.07) is 34.9. The summed E-state index contributed by atoms with van der Waals surface area (Å²) >= 11 is 0. The lowest BCUT2D eigenvalue weighted by Crippen LogP contribution is -2.00. The first-order valence-electron chi connectivity index (χ1n) is 13.7. The van der Waals surface area contributed by atoms with Crippen LogP contribution >= 0.6 is 0 Å². The summed E-state index contributed by atoms with van der Waals surface area (Å²) in [7, 11) is 0. The van der Waals surface area contributed by atoms with Gasteiger partial charge in [0, 0.05) is 16.7 Å². The maximum atomic E-state index is 4.97. The molecule has 3 nitrogen and oxygen atoms in total. The largest absolute Gasteiger partial charge is 0.208 e. The van der Waals surface area contributed by atoms with E-state index in [0.717, 1.165) is 44.5 Å². The summed E-state index contributed by atoms with van der Waals surface area (Å²) in [6.07, 6.45) is 15.2. The Morgan fingerprint density at radius 3 is 1.76 bits per heavy atom. The average Bonchev–Trinajstić information content (AvgIpc) is 3.06. The molecule has 1 heterocycles. The van der Waals surface area contributed by atoms with E-state index in [2.05, 4.69) is 62.2 Å². The van der Waals surface area contributed by atoms with Crippen molar-refractivity contribution in [2.45, 2.75) is 0 Å². The fraction of sp³-hybridized carbons (Fsp3) is 0. The standard InChI is InChI=1S/C39H31N3/c1-4-6-8-10-17-30-18-13-23-34(26-30)37-40-38(35-24-14-21-32(27-35)29(3)16-7-5-2)42-39(41-37)36-25-15-22-33(28-36)31-19-11-9-12-20-31/h4-28H,1-3H2/b8-6-,16-7-,17-10+.